The highest BCUT2D eigenvalue weighted by Crippen LogP contribution is 2.30. The normalized spacial score (nSPS) is 18.8. The Morgan fingerprint density at radius 1 is 1.08 bits per heavy atom. The molecule has 1 aliphatic carbocycles. The third kappa shape index (κ3) is 3.54. The monoisotopic (exact) mass is 359 g/mol. The summed E-state index contributed by atoms with van der Waals surface area (Å²) in [5.41, 5.74) is 1.81. The average molecular weight is 359 g/mol. The molecular formula is C19H22FN3OS. The van der Waals surface area contributed by atoms with E-state index in [4.69, 9.17) is 4.98 Å². The molecule has 0 atom stereocenters. The van der Waals surface area contributed by atoms with Crippen molar-refractivity contribution in [2.24, 2.45) is 5.92 Å². The Hall–Kier alpha value is -1.95. The number of benzene rings is 1. The van der Waals surface area contributed by atoms with Crippen LogP contribution in [0.1, 0.15) is 25.7 Å². The second-order valence-electron chi connectivity index (χ2n) is 6.82. The summed E-state index contributed by atoms with van der Waals surface area (Å²) in [6, 6.07) is 6.44. The van der Waals surface area contributed by atoms with E-state index in [9.17, 15) is 9.18 Å². The largest absolute Gasteiger partial charge is 0.346 e. The zero-order chi connectivity index (χ0) is 17.2. The highest BCUT2D eigenvalue weighted by atomic mass is 32.1. The SMILES string of the molecule is O=C(C1CCC1)N1CCCN(c2nc(-c3ccc(F)cc3)cs2)CC1. The van der Waals surface area contributed by atoms with Gasteiger partial charge in [0.05, 0.1) is 5.69 Å². The molecule has 2 fully saturated rings. The van der Waals surface area contributed by atoms with Crippen LogP contribution in [0.4, 0.5) is 9.52 Å². The van der Waals surface area contributed by atoms with Crippen LogP contribution in [0.15, 0.2) is 29.6 Å². The molecule has 132 valence electrons. The predicted molar refractivity (Wildman–Crippen MR) is 98.3 cm³/mol. The summed E-state index contributed by atoms with van der Waals surface area (Å²) in [4.78, 5) is 21.5. The number of hydrogen-bond acceptors (Lipinski definition) is 4. The summed E-state index contributed by atoms with van der Waals surface area (Å²) in [7, 11) is 0. The number of carbonyl (C=O) groups is 1. The summed E-state index contributed by atoms with van der Waals surface area (Å²) < 4.78 is 13.1. The van der Waals surface area contributed by atoms with E-state index >= 15 is 0 Å². The number of rotatable bonds is 3. The van der Waals surface area contributed by atoms with Crippen molar-refractivity contribution in [1.82, 2.24) is 9.88 Å². The van der Waals surface area contributed by atoms with Gasteiger partial charge >= 0.3 is 0 Å². The van der Waals surface area contributed by atoms with Crippen molar-refractivity contribution in [1.29, 1.82) is 0 Å². The molecule has 0 N–H and O–H groups in total. The van der Waals surface area contributed by atoms with Gasteiger partial charge in [-0.25, -0.2) is 9.37 Å². The first-order valence-electron chi connectivity index (χ1n) is 8.96. The molecule has 0 radical (unpaired) electrons. The van der Waals surface area contributed by atoms with Crippen molar-refractivity contribution in [3.05, 3.63) is 35.5 Å². The second kappa shape index (κ2) is 7.12. The molecule has 0 spiro atoms. The lowest BCUT2D eigenvalue weighted by atomic mass is 9.84. The Morgan fingerprint density at radius 3 is 2.60 bits per heavy atom. The summed E-state index contributed by atoms with van der Waals surface area (Å²) >= 11 is 1.61. The second-order valence-corrected chi connectivity index (χ2v) is 7.65. The van der Waals surface area contributed by atoms with Crippen molar-refractivity contribution < 1.29 is 9.18 Å². The van der Waals surface area contributed by atoms with Crippen molar-refractivity contribution in [3.63, 3.8) is 0 Å². The average Bonchev–Trinajstić information content (AvgIpc) is 2.92. The number of nitrogens with zero attached hydrogens (tertiary/aromatic N) is 3. The standard InChI is InChI=1S/C19H22FN3OS/c20-16-7-5-14(6-8-16)17-13-25-19(21-17)23-10-2-9-22(11-12-23)18(24)15-3-1-4-15/h5-8,13,15H,1-4,9-12H2. The van der Waals surface area contributed by atoms with E-state index in [1.165, 1.54) is 18.6 Å². The Morgan fingerprint density at radius 2 is 1.88 bits per heavy atom. The van der Waals surface area contributed by atoms with Crippen LogP contribution in [0.2, 0.25) is 0 Å². The van der Waals surface area contributed by atoms with Gasteiger partial charge in [-0.05, 0) is 43.5 Å². The minimum atomic E-state index is -0.233. The number of halogens is 1. The molecule has 1 aromatic heterocycles. The maximum Gasteiger partial charge on any atom is 0.225 e. The smallest absolute Gasteiger partial charge is 0.225 e. The van der Waals surface area contributed by atoms with Gasteiger partial charge in [-0.2, -0.15) is 0 Å². The van der Waals surface area contributed by atoms with Gasteiger partial charge in [0.15, 0.2) is 5.13 Å². The van der Waals surface area contributed by atoms with Gasteiger partial charge in [-0.3, -0.25) is 4.79 Å². The first kappa shape index (κ1) is 16.5. The van der Waals surface area contributed by atoms with Gasteiger partial charge in [0, 0.05) is 43.0 Å². The van der Waals surface area contributed by atoms with Crippen molar-refractivity contribution >= 4 is 22.4 Å². The molecule has 2 aromatic rings. The maximum absolute atomic E-state index is 13.1. The predicted octanol–water partition coefficient (Wildman–Crippen LogP) is 3.79. The Labute approximate surface area is 151 Å². The van der Waals surface area contributed by atoms with E-state index in [-0.39, 0.29) is 11.7 Å². The summed E-state index contributed by atoms with van der Waals surface area (Å²) in [6.07, 6.45) is 4.30. The fourth-order valence-electron chi connectivity index (χ4n) is 3.41. The van der Waals surface area contributed by atoms with Gasteiger partial charge in [-0.15, -0.1) is 11.3 Å². The molecule has 0 unspecified atom stereocenters. The topological polar surface area (TPSA) is 36.4 Å². The summed E-state index contributed by atoms with van der Waals surface area (Å²) in [5, 5.41) is 3.00. The number of amides is 1. The van der Waals surface area contributed by atoms with E-state index in [2.05, 4.69) is 4.90 Å². The number of thiazole rings is 1. The molecule has 4 rings (SSSR count). The highest BCUT2D eigenvalue weighted by Gasteiger charge is 2.30. The Kier molecular flexibility index (Phi) is 4.70. The highest BCUT2D eigenvalue weighted by molar-refractivity contribution is 7.14. The molecule has 0 bridgehead atoms. The zero-order valence-corrected chi connectivity index (χ0v) is 15.0. The van der Waals surface area contributed by atoms with Crippen LogP contribution in [0, 0.1) is 11.7 Å². The number of carbonyl (C=O) groups excluding carboxylic acids is 1. The Bertz CT molecular complexity index is 741. The van der Waals surface area contributed by atoms with Crippen LogP contribution < -0.4 is 4.90 Å². The maximum atomic E-state index is 13.1. The number of aromatic nitrogens is 1. The van der Waals surface area contributed by atoms with Crippen LogP contribution >= 0.6 is 11.3 Å². The molecular weight excluding hydrogens is 337 g/mol. The molecule has 6 heteroatoms. The van der Waals surface area contributed by atoms with E-state index in [1.54, 1.807) is 23.5 Å². The zero-order valence-electron chi connectivity index (χ0n) is 14.2. The van der Waals surface area contributed by atoms with Gasteiger partial charge in [0.1, 0.15) is 5.82 Å². The van der Waals surface area contributed by atoms with Gasteiger partial charge in [-0.1, -0.05) is 6.42 Å². The molecule has 25 heavy (non-hydrogen) atoms. The lowest BCUT2D eigenvalue weighted by Gasteiger charge is -2.30. The third-order valence-corrected chi connectivity index (χ3v) is 6.07. The van der Waals surface area contributed by atoms with Crippen LogP contribution in [0.5, 0.6) is 0 Å². The fraction of sp³-hybridized carbons (Fsp3) is 0.474. The lowest BCUT2D eigenvalue weighted by Crippen LogP contribution is -2.41. The van der Waals surface area contributed by atoms with Crippen molar-refractivity contribution in [2.75, 3.05) is 31.1 Å². The fourth-order valence-corrected chi connectivity index (χ4v) is 4.29. The van der Waals surface area contributed by atoms with Crippen LogP contribution in [0.3, 0.4) is 0 Å². The van der Waals surface area contributed by atoms with Crippen LogP contribution in [-0.4, -0.2) is 42.0 Å². The lowest BCUT2D eigenvalue weighted by molar-refractivity contribution is -0.137. The third-order valence-electron chi connectivity index (χ3n) is 5.16. The molecule has 1 amide bonds. The summed E-state index contributed by atoms with van der Waals surface area (Å²) in [5.74, 6) is 0.388. The first-order chi connectivity index (χ1) is 12.2. The molecule has 2 heterocycles. The molecule has 1 aliphatic heterocycles. The Balaban J connectivity index is 1.42. The number of anilines is 1. The van der Waals surface area contributed by atoms with Gasteiger partial charge in [0.2, 0.25) is 5.91 Å². The molecule has 1 saturated carbocycles. The summed E-state index contributed by atoms with van der Waals surface area (Å²) in [6.45, 7) is 3.38. The van der Waals surface area contributed by atoms with E-state index < -0.39 is 0 Å². The van der Waals surface area contributed by atoms with Gasteiger partial charge < -0.3 is 9.80 Å². The molecule has 1 saturated heterocycles. The first-order valence-corrected chi connectivity index (χ1v) is 9.84. The number of hydrogen-bond donors (Lipinski definition) is 0. The van der Waals surface area contributed by atoms with E-state index in [0.29, 0.717) is 5.91 Å². The minimum Gasteiger partial charge on any atom is -0.346 e. The molecule has 1 aromatic carbocycles. The van der Waals surface area contributed by atoms with E-state index in [0.717, 1.165) is 61.8 Å². The minimum absolute atomic E-state index is 0.233. The van der Waals surface area contributed by atoms with Crippen molar-refractivity contribution in [2.45, 2.75) is 25.7 Å². The van der Waals surface area contributed by atoms with Crippen LogP contribution in [0.25, 0.3) is 11.3 Å². The van der Waals surface area contributed by atoms with Crippen LogP contribution in [-0.2, 0) is 4.79 Å². The molecule has 4 nitrogen and oxygen atoms in total. The van der Waals surface area contributed by atoms with Crippen molar-refractivity contribution in [3.8, 4) is 11.3 Å². The van der Waals surface area contributed by atoms with Gasteiger partial charge in [0.25, 0.3) is 0 Å². The quantitative estimate of drug-likeness (QED) is 0.837. The van der Waals surface area contributed by atoms with E-state index in [1.807, 2.05) is 10.3 Å². The molecule has 2 aliphatic rings.